The Kier molecular flexibility index (Phi) is 3.05. The van der Waals surface area contributed by atoms with Gasteiger partial charge in [0.2, 0.25) is 0 Å². The SMILES string of the molecule is O=C(c1cccc(Br)c1)N1CC(CF)C1. The summed E-state index contributed by atoms with van der Waals surface area (Å²) in [6, 6.07) is 7.25. The highest BCUT2D eigenvalue weighted by Crippen LogP contribution is 2.20. The van der Waals surface area contributed by atoms with Gasteiger partial charge < -0.3 is 4.90 Å². The molecule has 0 saturated carbocycles. The number of carbonyl (C=O) groups excluding carboxylic acids is 1. The maximum absolute atomic E-state index is 12.2. The number of amides is 1. The van der Waals surface area contributed by atoms with E-state index in [9.17, 15) is 9.18 Å². The Morgan fingerprint density at radius 2 is 2.27 bits per heavy atom. The van der Waals surface area contributed by atoms with Crippen molar-refractivity contribution in [2.45, 2.75) is 0 Å². The lowest BCUT2D eigenvalue weighted by Gasteiger charge is -2.37. The molecular formula is C11H11BrFNO. The highest BCUT2D eigenvalue weighted by Gasteiger charge is 2.30. The van der Waals surface area contributed by atoms with E-state index in [4.69, 9.17) is 0 Å². The van der Waals surface area contributed by atoms with Crippen molar-refractivity contribution in [3.8, 4) is 0 Å². The van der Waals surface area contributed by atoms with E-state index in [0.717, 1.165) is 4.47 Å². The van der Waals surface area contributed by atoms with Crippen molar-refractivity contribution in [1.29, 1.82) is 0 Å². The van der Waals surface area contributed by atoms with Crippen LogP contribution < -0.4 is 0 Å². The summed E-state index contributed by atoms with van der Waals surface area (Å²) >= 11 is 3.31. The number of benzene rings is 1. The van der Waals surface area contributed by atoms with Crippen molar-refractivity contribution in [2.24, 2.45) is 5.92 Å². The van der Waals surface area contributed by atoms with E-state index >= 15 is 0 Å². The van der Waals surface area contributed by atoms with Gasteiger partial charge >= 0.3 is 0 Å². The predicted octanol–water partition coefficient (Wildman–Crippen LogP) is 2.49. The minimum atomic E-state index is -0.331. The molecule has 1 aliphatic rings. The van der Waals surface area contributed by atoms with Crippen LogP contribution in [0.4, 0.5) is 4.39 Å². The lowest BCUT2D eigenvalue weighted by atomic mass is 10.0. The van der Waals surface area contributed by atoms with Crippen LogP contribution in [-0.2, 0) is 0 Å². The number of halogens is 2. The minimum Gasteiger partial charge on any atom is -0.338 e. The molecule has 1 aromatic rings. The number of rotatable bonds is 2. The van der Waals surface area contributed by atoms with Gasteiger partial charge in [0.25, 0.3) is 5.91 Å². The first kappa shape index (κ1) is 10.6. The largest absolute Gasteiger partial charge is 0.338 e. The Morgan fingerprint density at radius 1 is 1.53 bits per heavy atom. The molecular weight excluding hydrogens is 261 g/mol. The highest BCUT2D eigenvalue weighted by molar-refractivity contribution is 9.10. The van der Waals surface area contributed by atoms with Crippen LogP contribution in [0.15, 0.2) is 28.7 Å². The van der Waals surface area contributed by atoms with E-state index in [0.29, 0.717) is 18.7 Å². The third-order valence-electron chi connectivity index (χ3n) is 2.53. The number of hydrogen-bond donors (Lipinski definition) is 0. The Labute approximate surface area is 96.2 Å². The van der Waals surface area contributed by atoms with Crippen molar-refractivity contribution in [2.75, 3.05) is 19.8 Å². The molecule has 2 nitrogen and oxygen atoms in total. The molecule has 0 spiro atoms. The number of alkyl halides is 1. The molecule has 80 valence electrons. The Morgan fingerprint density at radius 3 is 2.87 bits per heavy atom. The van der Waals surface area contributed by atoms with Crippen LogP contribution in [-0.4, -0.2) is 30.6 Å². The van der Waals surface area contributed by atoms with E-state index in [2.05, 4.69) is 15.9 Å². The van der Waals surface area contributed by atoms with Gasteiger partial charge in [-0.2, -0.15) is 0 Å². The van der Waals surface area contributed by atoms with Gasteiger partial charge in [-0.15, -0.1) is 0 Å². The molecule has 1 saturated heterocycles. The molecule has 1 amide bonds. The zero-order valence-electron chi connectivity index (χ0n) is 8.12. The molecule has 1 heterocycles. The molecule has 0 aromatic heterocycles. The van der Waals surface area contributed by atoms with Gasteiger partial charge in [0, 0.05) is 29.0 Å². The number of nitrogens with zero attached hydrogens (tertiary/aromatic N) is 1. The van der Waals surface area contributed by atoms with Crippen LogP contribution in [0.3, 0.4) is 0 Å². The fourth-order valence-electron chi connectivity index (χ4n) is 1.64. The molecule has 0 radical (unpaired) electrons. The van der Waals surface area contributed by atoms with E-state index in [-0.39, 0.29) is 18.5 Å². The second-order valence-corrected chi connectivity index (χ2v) is 4.66. The average molecular weight is 272 g/mol. The van der Waals surface area contributed by atoms with Gasteiger partial charge in [-0.1, -0.05) is 22.0 Å². The third kappa shape index (κ3) is 2.20. The van der Waals surface area contributed by atoms with Crippen LogP contribution in [0.25, 0.3) is 0 Å². The van der Waals surface area contributed by atoms with Gasteiger partial charge in [0.05, 0.1) is 6.67 Å². The van der Waals surface area contributed by atoms with Gasteiger partial charge in [-0.25, -0.2) is 0 Å². The molecule has 0 atom stereocenters. The van der Waals surface area contributed by atoms with Crippen molar-refractivity contribution in [3.05, 3.63) is 34.3 Å². The zero-order chi connectivity index (χ0) is 10.8. The summed E-state index contributed by atoms with van der Waals surface area (Å²) in [4.78, 5) is 13.5. The van der Waals surface area contributed by atoms with Gasteiger partial charge in [-0.05, 0) is 18.2 Å². The predicted molar refractivity (Wildman–Crippen MR) is 59.5 cm³/mol. The zero-order valence-corrected chi connectivity index (χ0v) is 9.71. The van der Waals surface area contributed by atoms with Crippen LogP contribution in [0.5, 0.6) is 0 Å². The van der Waals surface area contributed by atoms with E-state index in [1.165, 1.54) is 0 Å². The molecule has 1 aliphatic heterocycles. The molecule has 0 bridgehead atoms. The normalized spacial score (nSPS) is 16.3. The lowest BCUT2D eigenvalue weighted by molar-refractivity contribution is 0.0453. The maximum Gasteiger partial charge on any atom is 0.253 e. The fraction of sp³-hybridized carbons (Fsp3) is 0.364. The first-order chi connectivity index (χ1) is 7.20. The highest BCUT2D eigenvalue weighted by atomic mass is 79.9. The lowest BCUT2D eigenvalue weighted by Crippen LogP contribution is -2.50. The maximum atomic E-state index is 12.2. The molecule has 2 rings (SSSR count). The van der Waals surface area contributed by atoms with E-state index < -0.39 is 0 Å². The monoisotopic (exact) mass is 271 g/mol. The summed E-state index contributed by atoms with van der Waals surface area (Å²) < 4.78 is 13.1. The van der Waals surface area contributed by atoms with Crippen molar-refractivity contribution < 1.29 is 9.18 Å². The Hall–Kier alpha value is -0.900. The number of carbonyl (C=O) groups is 1. The summed E-state index contributed by atoms with van der Waals surface area (Å²) in [6.07, 6.45) is 0. The molecule has 1 aromatic carbocycles. The number of hydrogen-bond acceptors (Lipinski definition) is 1. The van der Waals surface area contributed by atoms with E-state index in [1.54, 1.807) is 17.0 Å². The summed E-state index contributed by atoms with van der Waals surface area (Å²) in [5.41, 5.74) is 0.654. The summed E-state index contributed by atoms with van der Waals surface area (Å²) in [6.45, 7) is 0.756. The van der Waals surface area contributed by atoms with Crippen LogP contribution in [0.2, 0.25) is 0 Å². The second-order valence-electron chi connectivity index (χ2n) is 3.74. The number of likely N-dealkylation sites (tertiary alicyclic amines) is 1. The Bertz CT molecular complexity index is 377. The molecule has 4 heteroatoms. The second kappa shape index (κ2) is 4.31. The third-order valence-corrected chi connectivity index (χ3v) is 3.03. The molecule has 15 heavy (non-hydrogen) atoms. The first-order valence-electron chi connectivity index (χ1n) is 4.81. The summed E-state index contributed by atoms with van der Waals surface area (Å²) in [5, 5.41) is 0. The molecule has 0 aliphatic carbocycles. The van der Waals surface area contributed by atoms with Crippen molar-refractivity contribution >= 4 is 21.8 Å². The van der Waals surface area contributed by atoms with Gasteiger partial charge in [0.1, 0.15) is 0 Å². The van der Waals surface area contributed by atoms with Gasteiger partial charge in [-0.3, -0.25) is 9.18 Å². The quantitative estimate of drug-likeness (QED) is 0.810. The van der Waals surface area contributed by atoms with Crippen molar-refractivity contribution in [3.63, 3.8) is 0 Å². The minimum absolute atomic E-state index is 0.0130. The smallest absolute Gasteiger partial charge is 0.253 e. The first-order valence-corrected chi connectivity index (χ1v) is 5.61. The molecule has 0 unspecified atom stereocenters. The standard InChI is InChI=1S/C11H11BrFNO/c12-10-3-1-2-9(4-10)11(15)14-6-8(5-13)7-14/h1-4,8H,5-7H2. The van der Waals surface area contributed by atoms with Gasteiger partial charge in [0.15, 0.2) is 0 Å². The molecule has 0 N–H and O–H groups in total. The summed E-state index contributed by atoms with van der Waals surface area (Å²) in [7, 11) is 0. The van der Waals surface area contributed by atoms with Crippen LogP contribution in [0, 0.1) is 5.92 Å². The Balaban J connectivity index is 2.03. The topological polar surface area (TPSA) is 20.3 Å². The van der Waals surface area contributed by atoms with Crippen LogP contribution in [0.1, 0.15) is 10.4 Å². The average Bonchev–Trinajstić information content (AvgIpc) is 2.16. The molecule has 1 fully saturated rings. The van der Waals surface area contributed by atoms with Crippen molar-refractivity contribution in [1.82, 2.24) is 4.90 Å². The fourth-order valence-corrected chi connectivity index (χ4v) is 2.04. The van der Waals surface area contributed by atoms with E-state index in [1.807, 2.05) is 12.1 Å². The van der Waals surface area contributed by atoms with Crippen LogP contribution >= 0.6 is 15.9 Å². The summed E-state index contributed by atoms with van der Waals surface area (Å²) in [5.74, 6) is 0.0297.